The minimum Gasteiger partial charge on any atom is -0.347 e. The Morgan fingerprint density at radius 3 is 2.66 bits per heavy atom. The number of carbonyl (C=O) groups excluding carboxylic acids is 2. The second-order valence-electron chi connectivity index (χ2n) is 7.61. The molecule has 0 spiro atoms. The van der Waals surface area contributed by atoms with E-state index in [1.807, 2.05) is 26.0 Å². The summed E-state index contributed by atoms with van der Waals surface area (Å²) in [5, 5.41) is 6.76. The molecule has 0 radical (unpaired) electrons. The summed E-state index contributed by atoms with van der Waals surface area (Å²) in [7, 11) is 0. The Morgan fingerprint density at radius 1 is 1.17 bits per heavy atom. The third-order valence-electron chi connectivity index (χ3n) is 5.64. The highest BCUT2D eigenvalue weighted by atomic mass is 35.5. The van der Waals surface area contributed by atoms with Crippen molar-refractivity contribution in [1.29, 1.82) is 0 Å². The number of carbonyl (C=O) groups is 2. The van der Waals surface area contributed by atoms with E-state index in [9.17, 15) is 9.59 Å². The van der Waals surface area contributed by atoms with Crippen molar-refractivity contribution < 1.29 is 9.59 Å². The highest BCUT2D eigenvalue weighted by Crippen LogP contribution is 2.30. The molecule has 0 saturated carbocycles. The van der Waals surface area contributed by atoms with Crippen LogP contribution >= 0.6 is 23.2 Å². The fourth-order valence-electron chi connectivity index (χ4n) is 3.76. The molecule has 3 unspecified atom stereocenters. The first kappa shape index (κ1) is 21.7. The SMILES string of the molecule is CCC(C)C(NC(=O)c1ccc(Cl)cc1Cl)C(=O)NC1CCCc2ccccc21. The van der Waals surface area contributed by atoms with E-state index < -0.39 is 6.04 Å². The summed E-state index contributed by atoms with van der Waals surface area (Å²) in [5.41, 5.74) is 2.75. The van der Waals surface area contributed by atoms with Gasteiger partial charge in [-0.15, -0.1) is 0 Å². The number of hydrogen-bond acceptors (Lipinski definition) is 2. The van der Waals surface area contributed by atoms with Gasteiger partial charge in [0.2, 0.25) is 5.91 Å². The van der Waals surface area contributed by atoms with Gasteiger partial charge in [-0.05, 0) is 54.5 Å². The Balaban J connectivity index is 1.77. The first-order chi connectivity index (χ1) is 13.9. The van der Waals surface area contributed by atoms with Crippen LogP contribution in [0, 0.1) is 5.92 Å². The van der Waals surface area contributed by atoms with E-state index in [1.165, 1.54) is 17.2 Å². The summed E-state index contributed by atoms with van der Waals surface area (Å²) in [6.07, 6.45) is 3.72. The molecule has 0 fully saturated rings. The average molecular weight is 433 g/mol. The highest BCUT2D eigenvalue weighted by Gasteiger charge is 2.30. The van der Waals surface area contributed by atoms with Gasteiger partial charge in [-0.25, -0.2) is 0 Å². The molecule has 3 atom stereocenters. The molecule has 1 aliphatic carbocycles. The second-order valence-corrected chi connectivity index (χ2v) is 8.46. The minimum atomic E-state index is -0.645. The van der Waals surface area contributed by atoms with Gasteiger partial charge in [-0.1, -0.05) is 67.7 Å². The minimum absolute atomic E-state index is 0.0242. The molecule has 2 aromatic rings. The number of nitrogens with one attached hydrogen (secondary N) is 2. The van der Waals surface area contributed by atoms with Gasteiger partial charge in [-0.3, -0.25) is 9.59 Å². The van der Waals surface area contributed by atoms with Crippen molar-refractivity contribution in [2.75, 3.05) is 0 Å². The maximum absolute atomic E-state index is 13.1. The zero-order valence-corrected chi connectivity index (χ0v) is 18.2. The lowest BCUT2D eigenvalue weighted by Crippen LogP contribution is -2.51. The lowest BCUT2D eigenvalue weighted by Gasteiger charge is -2.30. The number of benzene rings is 2. The van der Waals surface area contributed by atoms with E-state index in [0.29, 0.717) is 10.6 Å². The van der Waals surface area contributed by atoms with E-state index in [2.05, 4.69) is 22.8 Å². The molecule has 0 bridgehead atoms. The monoisotopic (exact) mass is 432 g/mol. The van der Waals surface area contributed by atoms with Crippen LogP contribution in [0.4, 0.5) is 0 Å². The smallest absolute Gasteiger partial charge is 0.253 e. The Hall–Kier alpha value is -2.04. The van der Waals surface area contributed by atoms with Crippen molar-refractivity contribution in [2.24, 2.45) is 5.92 Å². The van der Waals surface area contributed by atoms with Crippen LogP contribution < -0.4 is 10.6 Å². The molecular formula is C23H26Cl2N2O2. The van der Waals surface area contributed by atoms with E-state index in [1.54, 1.807) is 12.1 Å². The van der Waals surface area contributed by atoms with E-state index in [0.717, 1.165) is 25.7 Å². The highest BCUT2D eigenvalue weighted by molar-refractivity contribution is 6.36. The van der Waals surface area contributed by atoms with Gasteiger partial charge in [0.05, 0.1) is 16.6 Å². The first-order valence-corrected chi connectivity index (χ1v) is 10.8. The van der Waals surface area contributed by atoms with Crippen LogP contribution in [-0.4, -0.2) is 17.9 Å². The molecule has 2 aromatic carbocycles. The Bertz CT molecular complexity index is 900. The van der Waals surface area contributed by atoms with Crippen LogP contribution in [-0.2, 0) is 11.2 Å². The molecule has 1 aliphatic rings. The lowest BCUT2D eigenvalue weighted by molar-refractivity contribution is -0.125. The first-order valence-electron chi connectivity index (χ1n) is 10.0. The summed E-state index contributed by atoms with van der Waals surface area (Å²) in [4.78, 5) is 25.9. The van der Waals surface area contributed by atoms with Gasteiger partial charge in [0.25, 0.3) is 5.91 Å². The molecule has 3 rings (SSSR count). The topological polar surface area (TPSA) is 58.2 Å². The molecule has 2 amide bonds. The van der Waals surface area contributed by atoms with Gasteiger partial charge in [0.1, 0.15) is 6.04 Å². The van der Waals surface area contributed by atoms with Crippen molar-refractivity contribution in [3.63, 3.8) is 0 Å². The molecule has 0 heterocycles. The maximum Gasteiger partial charge on any atom is 0.253 e. The molecule has 2 N–H and O–H groups in total. The van der Waals surface area contributed by atoms with Gasteiger partial charge in [-0.2, -0.15) is 0 Å². The summed E-state index contributed by atoms with van der Waals surface area (Å²) in [6.45, 7) is 3.96. The van der Waals surface area contributed by atoms with E-state index in [4.69, 9.17) is 23.2 Å². The molecule has 0 aromatic heterocycles. The number of halogens is 2. The van der Waals surface area contributed by atoms with E-state index in [-0.39, 0.29) is 28.8 Å². The Kier molecular flexibility index (Phi) is 7.20. The summed E-state index contributed by atoms with van der Waals surface area (Å²) in [6, 6.07) is 12.2. The zero-order chi connectivity index (χ0) is 21.0. The maximum atomic E-state index is 13.1. The van der Waals surface area contributed by atoms with Crippen molar-refractivity contribution >= 4 is 35.0 Å². The normalized spacial score (nSPS) is 17.7. The standard InChI is InChI=1S/C23H26Cl2N2O2/c1-3-14(2)21(27-22(28)18-12-11-16(24)13-19(18)25)23(29)26-20-10-6-8-15-7-4-5-9-17(15)20/h4-5,7,9,11-14,20-21H,3,6,8,10H2,1-2H3,(H,26,29)(H,27,28). The summed E-state index contributed by atoms with van der Waals surface area (Å²) < 4.78 is 0. The Labute approximate surface area is 182 Å². The van der Waals surface area contributed by atoms with Crippen LogP contribution in [0.2, 0.25) is 10.0 Å². The molecule has 0 saturated heterocycles. The number of amides is 2. The number of fused-ring (bicyclic) bond motifs is 1. The van der Waals surface area contributed by atoms with Crippen LogP contribution in [0.5, 0.6) is 0 Å². The molecule has 154 valence electrons. The fourth-order valence-corrected chi connectivity index (χ4v) is 4.25. The molecular weight excluding hydrogens is 407 g/mol. The lowest BCUT2D eigenvalue weighted by atomic mass is 9.87. The third kappa shape index (κ3) is 5.12. The molecule has 6 heteroatoms. The number of hydrogen-bond donors (Lipinski definition) is 2. The largest absolute Gasteiger partial charge is 0.347 e. The van der Waals surface area contributed by atoms with E-state index >= 15 is 0 Å². The van der Waals surface area contributed by atoms with Crippen LogP contribution in [0.1, 0.15) is 60.6 Å². The van der Waals surface area contributed by atoms with Crippen LogP contribution in [0.15, 0.2) is 42.5 Å². The number of aryl methyl sites for hydroxylation is 1. The second kappa shape index (κ2) is 9.64. The zero-order valence-electron chi connectivity index (χ0n) is 16.7. The van der Waals surface area contributed by atoms with Crippen molar-refractivity contribution in [3.05, 3.63) is 69.2 Å². The van der Waals surface area contributed by atoms with Crippen molar-refractivity contribution in [3.8, 4) is 0 Å². The average Bonchev–Trinajstić information content (AvgIpc) is 2.71. The molecule has 29 heavy (non-hydrogen) atoms. The van der Waals surface area contributed by atoms with Gasteiger partial charge < -0.3 is 10.6 Å². The third-order valence-corrected chi connectivity index (χ3v) is 6.19. The quantitative estimate of drug-likeness (QED) is 0.647. The van der Waals surface area contributed by atoms with Crippen LogP contribution in [0.3, 0.4) is 0 Å². The van der Waals surface area contributed by atoms with Gasteiger partial charge in [0, 0.05) is 5.02 Å². The number of rotatable bonds is 6. The van der Waals surface area contributed by atoms with Crippen molar-refractivity contribution in [1.82, 2.24) is 10.6 Å². The summed E-state index contributed by atoms with van der Waals surface area (Å²) in [5.74, 6) is -0.570. The Morgan fingerprint density at radius 2 is 1.93 bits per heavy atom. The molecule has 0 aliphatic heterocycles. The van der Waals surface area contributed by atoms with Gasteiger partial charge in [0.15, 0.2) is 0 Å². The molecule has 4 nitrogen and oxygen atoms in total. The van der Waals surface area contributed by atoms with Crippen molar-refractivity contribution in [2.45, 2.75) is 51.6 Å². The predicted molar refractivity (Wildman–Crippen MR) is 117 cm³/mol. The fraction of sp³-hybridized carbons (Fsp3) is 0.391. The predicted octanol–water partition coefficient (Wildman–Crippen LogP) is 5.33. The summed E-state index contributed by atoms with van der Waals surface area (Å²) >= 11 is 12.1. The van der Waals surface area contributed by atoms with Crippen LogP contribution in [0.25, 0.3) is 0 Å². The van der Waals surface area contributed by atoms with Gasteiger partial charge >= 0.3 is 0 Å².